The molecule has 3 heterocycles. The molecule has 0 spiro atoms. The van der Waals surface area contributed by atoms with E-state index < -0.39 is 0 Å². The second kappa shape index (κ2) is 7.44. The number of thiazole rings is 1. The van der Waals surface area contributed by atoms with E-state index in [9.17, 15) is 9.18 Å². The summed E-state index contributed by atoms with van der Waals surface area (Å²) in [5, 5.41) is 1.09. The van der Waals surface area contributed by atoms with Gasteiger partial charge in [0, 0.05) is 24.6 Å². The molecule has 1 unspecified atom stereocenters. The summed E-state index contributed by atoms with van der Waals surface area (Å²) >= 11 is 1.71. The number of hydrogen-bond acceptors (Lipinski definition) is 4. The maximum absolute atomic E-state index is 13.1. The van der Waals surface area contributed by atoms with Crippen molar-refractivity contribution in [3.05, 3.63) is 77.2 Å². The van der Waals surface area contributed by atoms with Crippen LogP contribution in [-0.4, -0.2) is 28.9 Å². The maximum atomic E-state index is 13.1. The molecule has 0 saturated carbocycles. The highest BCUT2D eigenvalue weighted by Crippen LogP contribution is 2.33. The van der Waals surface area contributed by atoms with Crippen molar-refractivity contribution in [2.24, 2.45) is 0 Å². The van der Waals surface area contributed by atoms with Crippen molar-refractivity contribution in [2.45, 2.75) is 18.8 Å². The summed E-state index contributed by atoms with van der Waals surface area (Å²) in [6, 6.07) is 17.6. The molecule has 4 aromatic rings. The highest BCUT2D eigenvalue weighted by molar-refractivity contribution is 7.18. The van der Waals surface area contributed by atoms with Gasteiger partial charge in [-0.2, -0.15) is 0 Å². The topological polar surface area (TPSA) is 46.3 Å². The van der Waals surface area contributed by atoms with Crippen LogP contribution in [0.1, 0.15) is 34.3 Å². The quantitative estimate of drug-likeness (QED) is 0.437. The third-order valence-electron chi connectivity index (χ3n) is 5.31. The fraction of sp³-hybridized carbons (Fsp3) is 0.217. The number of nitrogens with zero attached hydrogens (tertiary/aromatic N) is 2. The van der Waals surface area contributed by atoms with Gasteiger partial charge < -0.3 is 9.32 Å². The first-order chi connectivity index (χ1) is 14.2. The van der Waals surface area contributed by atoms with E-state index >= 15 is 0 Å². The summed E-state index contributed by atoms with van der Waals surface area (Å²) in [5.41, 5.74) is 1.77. The number of hydrogen-bond donors (Lipinski definition) is 0. The molecule has 0 bridgehead atoms. The lowest BCUT2D eigenvalue weighted by Crippen LogP contribution is -2.38. The number of carbonyl (C=O) groups is 1. The van der Waals surface area contributed by atoms with Gasteiger partial charge in [-0.1, -0.05) is 12.1 Å². The van der Waals surface area contributed by atoms with Crippen molar-refractivity contribution in [2.75, 3.05) is 13.1 Å². The van der Waals surface area contributed by atoms with Crippen LogP contribution in [0.25, 0.3) is 21.5 Å². The Balaban J connectivity index is 1.34. The van der Waals surface area contributed by atoms with Gasteiger partial charge in [-0.15, -0.1) is 11.3 Å². The number of fused-ring (bicyclic) bond motifs is 1. The molecule has 1 amide bonds. The van der Waals surface area contributed by atoms with Gasteiger partial charge >= 0.3 is 0 Å². The van der Waals surface area contributed by atoms with E-state index in [1.54, 1.807) is 35.6 Å². The van der Waals surface area contributed by atoms with E-state index in [2.05, 4.69) is 6.07 Å². The number of piperidine rings is 1. The number of benzene rings is 2. The van der Waals surface area contributed by atoms with Crippen molar-refractivity contribution in [3.63, 3.8) is 0 Å². The summed E-state index contributed by atoms with van der Waals surface area (Å²) < 4.78 is 20.1. The van der Waals surface area contributed by atoms with E-state index in [4.69, 9.17) is 9.40 Å². The summed E-state index contributed by atoms with van der Waals surface area (Å²) in [4.78, 5) is 19.6. The molecule has 0 aliphatic carbocycles. The number of para-hydroxylation sites is 1. The van der Waals surface area contributed by atoms with Gasteiger partial charge in [0.25, 0.3) is 5.91 Å². The van der Waals surface area contributed by atoms with Crippen LogP contribution >= 0.6 is 11.3 Å². The zero-order chi connectivity index (χ0) is 19.8. The van der Waals surface area contributed by atoms with Crippen molar-refractivity contribution in [1.82, 2.24) is 9.88 Å². The fourth-order valence-electron chi connectivity index (χ4n) is 3.81. The number of rotatable bonds is 3. The first-order valence-electron chi connectivity index (χ1n) is 9.68. The van der Waals surface area contributed by atoms with Crippen LogP contribution in [0.3, 0.4) is 0 Å². The molecule has 1 atom stereocenters. The highest BCUT2D eigenvalue weighted by Gasteiger charge is 2.29. The summed E-state index contributed by atoms with van der Waals surface area (Å²) in [7, 11) is 0. The molecule has 29 heavy (non-hydrogen) atoms. The molecule has 5 rings (SSSR count). The van der Waals surface area contributed by atoms with Gasteiger partial charge in [-0.05, 0) is 61.4 Å². The number of aromatic nitrogens is 1. The van der Waals surface area contributed by atoms with Crippen LogP contribution in [0, 0.1) is 5.82 Å². The van der Waals surface area contributed by atoms with Crippen LogP contribution in [-0.2, 0) is 0 Å². The number of carbonyl (C=O) groups excluding carboxylic acids is 1. The van der Waals surface area contributed by atoms with Gasteiger partial charge in [0.05, 0.1) is 15.2 Å². The predicted molar refractivity (Wildman–Crippen MR) is 112 cm³/mol. The van der Waals surface area contributed by atoms with Crippen LogP contribution in [0.15, 0.2) is 65.1 Å². The lowest BCUT2D eigenvalue weighted by atomic mass is 9.98. The largest absolute Gasteiger partial charge is 0.451 e. The average molecular weight is 406 g/mol. The van der Waals surface area contributed by atoms with Gasteiger partial charge in [-0.25, -0.2) is 9.37 Å². The SMILES string of the molecule is O=C(c1ccc(-c2ccc(F)cc2)o1)N1CCCC(c2nc3ccccc3s2)C1. The average Bonchev–Trinajstić information content (AvgIpc) is 3.41. The highest BCUT2D eigenvalue weighted by atomic mass is 32.1. The minimum absolute atomic E-state index is 0.107. The molecule has 1 aliphatic heterocycles. The van der Waals surface area contributed by atoms with Crippen LogP contribution in [0.2, 0.25) is 0 Å². The molecule has 1 saturated heterocycles. The van der Waals surface area contributed by atoms with E-state index in [1.165, 1.54) is 16.8 Å². The fourth-order valence-corrected chi connectivity index (χ4v) is 4.90. The Morgan fingerprint density at radius 3 is 2.76 bits per heavy atom. The molecular formula is C23H19FN2O2S. The summed E-state index contributed by atoms with van der Waals surface area (Å²) in [5.74, 6) is 0.717. The first kappa shape index (κ1) is 18.1. The van der Waals surface area contributed by atoms with Crippen molar-refractivity contribution in [1.29, 1.82) is 0 Å². The Kier molecular flexibility index (Phi) is 4.64. The molecule has 4 nitrogen and oxygen atoms in total. The normalized spacial score (nSPS) is 17.0. The molecule has 2 aromatic carbocycles. The standard InChI is InChI=1S/C23H19FN2O2S/c24-17-9-7-15(8-10-17)19-11-12-20(28-19)23(27)26-13-3-4-16(14-26)22-25-18-5-1-2-6-21(18)29-22/h1-2,5-12,16H,3-4,13-14H2. The van der Waals surface area contributed by atoms with Crippen LogP contribution in [0.5, 0.6) is 0 Å². The summed E-state index contributed by atoms with van der Waals surface area (Å²) in [6.07, 6.45) is 1.97. The van der Waals surface area contributed by atoms with Crippen molar-refractivity contribution < 1.29 is 13.6 Å². The zero-order valence-corrected chi connectivity index (χ0v) is 16.5. The predicted octanol–water partition coefficient (Wildman–Crippen LogP) is 5.72. The smallest absolute Gasteiger partial charge is 0.289 e. The van der Waals surface area contributed by atoms with Crippen LogP contribution < -0.4 is 0 Å². The molecule has 1 aliphatic rings. The van der Waals surface area contributed by atoms with Gasteiger partial charge in [-0.3, -0.25) is 4.79 Å². The molecule has 146 valence electrons. The molecule has 0 N–H and O–H groups in total. The second-order valence-corrected chi connectivity index (χ2v) is 8.34. The van der Waals surface area contributed by atoms with E-state index in [1.807, 2.05) is 23.1 Å². The molecule has 6 heteroatoms. The number of amides is 1. The third-order valence-corrected chi connectivity index (χ3v) is 6.51. The van der Waals surface area contributed by atoms with Gasteiger partial charge in [0.1, 0.15) is 11.6 Å². The molecule has 1 fully saturated rings. The lowest BCUT2D eigenvalue weighted by Gasteiger charge is -2.31. The number of halogens is 1. The zero-order valence-electron chi connectivity index (χ0n) is 15.7. The van der Waals surface area contributed by atoms with E-state index in [-0.39, 0.29) is 17.6 Å². The lowest BCUT2D eigenvalue weighted by molar-refractivity contribution is 0.0676. The molecular weight excluding hydrogens is 387 g/mol. The minimum atomic E-state index is -0.300. The summed E-state index contributed by atoms with van der Waals surface area (Å²) in [6.45, 7) is 1.36. The molecule has 0 radical (unpaired) electrons. The van der Waals surface area contributed by atoms with Gasteiger partial charge in [0.2, 0.25) is 0 Å². The van der Waals surface area contributed by atoms with E-state index in [0.717, 1.165) is 28.9 Å². The third kappa shape index (κ3) is 3.56. The minimum Gasteiger partial charge on any atom is -0.451 e. The Hall–Kier alpha value is -2.99. The van der Waals surface area contributed by atoms with Crippen molar-refractivity contribution in [3.8, 4) is 11.3 Å². The first-order valence-corrected chi connectivity index (χ1v) is 10.5. The Morgan fingerprint density at radius 2 is 1.93 bits per heavy atom. The number of furan rings is 1. The Morgan fingerprint density at radius 1 is 1.10 bits per heavy atom. The second-order valence-electron chi connectivity index (χ2n) is 7.28. The number of likely N-dealkylation sites (tertiary alicyclic amines) is 1. The van der Waals surface area contributed by atoms with Crippen molar-refractivity contribution >= 4 is 27.5 Å². The monoisotopic (exact) mass is 406 g/mol. The maximum Gasteiger partial charge on any atom is 0.289 e. The Bertz CT molecular complexity index is 1130. The molecule has 2 aromatic heterocycles. The van der Waals surface area contributed by atoms with E-state index in [0.29, 0.717) is 24.6 Å². The van der Waals surface area contributed by atoms with Gasteiger partial charge in [0.15, 0.2) is 5.76 Å². The van der Waals surface area contributed by atoms with Crippen LogP contribution in [0.4, 0.5) is 4.39 Å². The Labute approximate surface area is 171 Å².